The molecule has 0 spiro atoms. The van der Waals surface area contributed by atoms with Gasteiger partial charge in [-0.15, -0.1) is 0 Å². The molecule has 1 N–H and O–H groups in total. The number of ether oxygens (including phenoxy) is 2. The molecular weight excluding hydrogens is 284 g/mol. The van der Waals surface area contributed by atoms with Crippen LogP contribution >= 0.6 is 0 Å². The van der Waals surface area contributed by atoms with Gasteiger partial charge in [0.15, 0.2) is 0 Å². The van der Waals surface area contributed by atoms with E-state index in [1.54, 1.807) is 6.20 Å². The minimum Gasteiger partial charge on any atom is -0.381 e. The molecule has 7 heteroatoms. The van der Waals surface area contributed by atoms with Crippen molar-refractivity contribution in [2.24, 2.45) is 5.92 Å². The predicted octanol–water partition coefficient (Wildman–Crippen LogP) is 0.356. The average molecular weight is 306 g/mol. The highest BCUT2D eigenvalue weighted by molar-refractivity contribution is 5.78. The van der Waals surface area contributed by atoms with Gasteiger partial charge in [-0.25, -0.2) is 9.97 Å². The molecule has 0 aromatic carbocycles. The third-order valence-corrected chi connectivity index (χ3v) is 4.03. The molecule has 2 aliphatic heterocycles. The van der Waals surface area contributed by atoms with E-state index in [9.17, 15) is 4.79 Å². The van der Waals surface area contributed by atoms with Gasteiger partial charge in [-0.2, -0.15) is 0 Å². The zero-order chi connectivity index (χ0) is 15.2. The minimum absolute atomic E-state index is 0.0642. The van der Waals surface area contributed by atoms with Gasteiger partial charge in [0, 0.05) is 38.4 Å². The number of nitrogens with zero attached hydrogens (tertiary/aromatic N) is 3. The van der Waals surface area contributed by atoms with Crippen LogP contribution in [0.25, 0.3) is 0 Å². The molecule has 7 nitrogen and oxygen atoms in total. The van der Waals surface area contributed by atoms with Crippen molar-refractivity contribution in [2.75, 3.05) is 44.4 Å². The standard InChI is InChI=1S/C15H22N4O3/c20-14(12-2-7-21-8-3-12)17-11-13-1-4-16-15(18-13)19-5-9-22-10-6-19/h1,4,12H,2-3,5-11H2,(H,17,20). The lowest BCUT2D eigenvalue weighted by molar-refractivity contribution is -0.128. The summed E-state index contributed by atoms with van der Waals surface area (Å²) in [5.41, 5.74) is 0.830. The van der Waals surface area contributed by atoms with Gasteiger partial charge in [0.2, 0.25) is 11.9 Å². The fourth-order valence-corrected chi connectivity index (χ4v) is 2.68. The molecule has 1 amide bonds. The number of morpholine rings is 1. The van der Waals surface area contributed by atoms with Crippen LogP contribution in [0.2, 0.25) is 0 Å². The Kier molecular flexibility index (Phi) is 5.18. The molecule has 3 heterocycles. The summed E-state index contributed by atoms with van der Waals surface area (Å²) < 4.78 is 10.6. The molecule has 120 valence electrons. The van der Waals surface area contributed by atoms with Crippen LogP contribution in [-0.4, -0.2) is 55.4 Å². The van der Waals surface area contributed by atoms with Crippen molar-refractivity contribution < 1.29 is 14.3 Å². The second kappa shape index (κ2) is 7.51. The Bertz CT molecular complexity index is 499. The van der Waals surface area contributed by atoms with Crippen molar-refractivity contribution in [3.05, 3.63) is 18.0 Å². The van der Waals surface area contributed by atoms with E-state index in [0.29, 0.717) is 38.9 Å². The number of aromatic nitrogens is 2. The summed E-state index contributed by atoms with van der Waals surface area (Å²) in [6, 6.07) is 1.84. The van der Waals surface area contributed by atoms with Crippen LogP contribution in [0.15, 0.2) is 12.3 Å². The Labute approximate surface area is 130 Å². The van der Waals surface area contributed by atoms with E-state index in [0.717, 1.165) is 31.6 Å². The Morgan fingerprint density at radius 1 is 1.23 bits per heavy atom. The predicted molar refractivity (Wildman–Crippen MR) is 80.5 cm³/mol. The quantitative estimate of drug-likeness (QED) is 0.865. The maximum absolute atomic E-state index is 12.1. The van der Waals surface area contributed by atoms with Crippen molar-refractivity contribution in [1.29, 1.82) is 0 Å². The van der Waals surface area contributed by atoms with Crippen molar-refractivity contribution in [3.63, 3.8) is 0 Å². The minimum atomic E-state index is 0.0642. The summed E-state index contributed by atoms with van der Waals surface area (Å²) in [4.78, 5) is 23.1. The molecule has 0 saturated carbocycles. The smallest absolute Gasteiger partial charge is 0.225 e. The largest absolute Gasteiger partial charge is 0.381 e. The van der Waals surface area contributed by atoms with Gasteiger partial charge < -0.3 is 19.7 Å². The summed E-state index contributed by atoms with van der Waals surface area (Å²) >= 11 is 0. The van der Waals surface area contributed by atoms with Crippen molar-refractivity contribution in [2.45, 2.75) is 19.4 Å². The van der Waals surface area contributed by atoms with Crippen molar-refractivity contribution >= 4 is 11.9 Å². The molecule has 2 aliphatic rings. The van der Waals surface area contributed by atoms with Crippen LogP contribution in [0.4, 0.5) is 5.95 Å². The van der Waals surface area contributed by atoms with Gasteiger partial charge in [0.1, 0.15) is 0 Å². The molecular formula is C15H22N4O3. The number of hydrogen-bond donors (Lipinski definition) is 1. The summed E-state index contributed by atoms with van der Waals surface area (Å²) in [7, 11) is 0. The van der Waals surface area contributed by atoms with Crippen LogP contribution in [0, 0.1) is 5.92 Å². The first kappa shape index (κ1) is 15.2. The summed E-state index contributed by atoms with van der Waals surface area (Å²) in [6.45, 7) is 4.80. The molecule has 22 heavy (non-hydrogen) atoms. The Hall–Kier alpha value is -1.73. The second-order valence-corrected chi connectivity index (χ2v) is 5.55. The van der Waals surface area contributed by atoms with Crippen LogP contribution in [-0.2, 0) is 20.8 Å². The number of rotatable bonds is 4. The molecule has 0 unspecified atom stereocenters. The monoisotopic (exact) mass is 306 g/mol. The third-order valence-electron chi connectivity index (χ3n) is 4.03. The van der Waals surface area contributed by atoms with Crippen LogP contribution in [0.3, 0.4) is 0 Å². The first-order chi connectivity index (χ1) is 10.8. The van der Waals surface area contributed by atoms with Gasteiger partial charge in [-0.05, 0) is 18.9 Å². The SMILES string of the molecule is O=C(NCc1ccnc(N2CCOCC2)n1)C1CCOCC1. The molecule has 2 saturated heterocycles. The zero-order valence-corrected chi connectivity index (χ0v) is 12.7. The Morgan fingerprint density at radius 2 is 1.95 bits per heavy atom. The van der Waals surface area contributed by atoms with Crippen molar-refractivity contribution in [3.8, 4) is 0 Å². The third kappa shape index (κ3) is 3.92. The molecule has 0 atom stereocenters. The number of carbonyl (C=O) groups excluding carboxylic acids is 1. The van der Waals surface area contributed by atoms with E-state index in [2.05, 4.69) is 20.2 Å². The summed E-state index contributed by atoms with van der Waals surface area (Å²) in [5, 5.41) is 2.97. The van der Waals surface area contributed by atoms with Crippen LogP contribution in [0.1, 0.15) is 18.5 Å². The van der Waals surface area contributed by atoms with E-state index < -0.39 is 0 Å². The van der Waals surface area contributed by atoms with E-state index >= 15 is 0 Å². The highest BCUT2D eigenvalue weighted by Crippen LogP contribution is 2.15. The number of nitrogens with one attached hydrogen (secondary N) is 1. The van der Waals surface area contributed by atoms with Crippen LogP contribution < -0.4 is 10.2 Å². The second-order valence-electron chi connectivity index (χ2n) is 5.55. The average Bonchev–Trinajstić information content (AvgIpc) is 2.61. The fraction of sp³-hybridized carbons (Fsp3) is 0.667. The lowest BCUT2D eigenvalue weighted by atomic mass is 9.99. The first-order valence-electron chi connectivity index (χ1n) is 7.83. The molecule has 0 aliphatic carbocycles. The van der Waals surface area contributed by atoms with Crippen molar-refractivity contribution in [1.82, 2.24) is 15.3 Å². The van der Waals surface area contributed by atoms with Gasteiger partial charge in [-0.1, -0.05) is 0 Å². The molecule has 3 rings (SSSR count). The lowest BCUT2D eigenvalue weighted by Crippen LogP contribution is -2.37. The number of anilines is 1. The number of hydrogen-bond acceptors (Lipinski definition) is 6. The Morgan fingerprint density at radius 3 is 2.73 bits per heavy atom. The molecule has 0 bridgehead atoms. The first-order valence-corrected chi connectivity index (χ1v) is 7.83. The topological polar surface area (TPSA) is 76.6 Å². The molecule has 1 aromatic rings. The maximum atomic E-state index is 12.1. The fourth-order valence-electron chi connectivity index (χ4n) is 2.68. The summed E-state index contributed by atoms with van der Waals surface area (Å²) in [6.07, 6.45) is 3.34. The van der Waals surface area contributed by atoms with E-state index in [-0.39, 0.29) is 11.8 Å². The maximum Gasteiger partial charge on any atom is 0.225 e. The van der Waals surface area contributed by atoms with Gasteiger partial charge in [0.05, 0.1) is 25.5 Å². The van der Waals surface area contributed by atoms with Crippen LogP contribution in [0.5, 0.6) is 0 Å². The highest BCUT2D eigenvalue weighted by atomic mass is 16.5. The van der Waals surface area contributed by atoms with E-state index in [1.165, 1.54) is 0 Å². The molecule has 1 aromatic heterocycles. The molecule has 2 fully saturated rings. The number of amides is 1. The van der Waals surface area contributed by atoms with E-state index in [1.807, 2.05) is 6.07 Å². The van der Waals surface area contributed by atoms with E-state index in [4.69, 9.17) is 9.47 Å². The lowest BCUT2D eigenvalue weighted by Gasteiger charge is -2.26. The number of carbonyl (C=O) groups is 1. The highest BCUT2D eigenvalue weighted by Gasteiger charge is 2.21. The summed E-state index contributed by atoms with van der Waals surface area (Å²) in [5.74, 6) is 0.866. The van der Waals surface area contributed by atoms with Gasteiger partial charge in [0.25, 0.3) is 0 Å². The zero-order valence-electron chi connectivity index (χ0n) is 12.7. The normalized spacial score (nSPS) is 19.9. The molecule has 0 radical (unpaired) electrons. The van der Waals surface area contributed by atoms with Gasteiger partial charge in [-0.3, -0.25) is 4.79 Å². The Balaban J connectivity index is 1.54. The van der Waals surface area contributed by atoms with Gasteiger partial charge >= 0.3 is 0 Å².